The summed E-state index contributed by atoms with van der Waals surface area (Å²) in [6, 6.07) is 5.45. The van der Waals surface area contributed by atoms with Gasteiger partial charge in [0.05, 0.1) is 18.5 Å². The molecule has 0 aliphatic heterocycles. The summed E-state index contributed by atoms with van der Waals surface area (Å²) in [6.07, 6.45) is 8.31. The number of halogens is 1. The first-order valence-corrected chi connectivity index (χ1v) is 11.1. The van der Waals surface area contributed by atoms with Crippen LogP contribution in [0.25, 0.3) is 0 Å². The molecule has 1 N–H and O–H groups in total. The van der Waals surface area contributed by atoms with Crippen molar-refractivity contribution in [3.05, 3.63) is 42.2 Å². The van der Waals surface area contributed by atoms with Crippen molar-refractivity contribution in [1.82, 2.24) is 20.1 Å². The van der Waals surface area contributed by atoms with Crippen molar-refractivity contribution in [2.45, 2.75) is 44.7 Å². The highest BCUT2D eigenvalue weighted by atomic mass is 32.2. The zero-order valence-corrected chi connectivity index (χ0v) is 16.5. The van der Waals surface area contributed by atoms with Crippen molar-refractivity contribution in [1.29, 1.82) is 0 Å². The van der Waals surface area contributed by atoms with Crippen LogP contribution in [0.2, 0.25) is 0 Å². The maximum absolute atomic E-state index is 13.5. The fourth-order valence-electron chi connectivity index (χ4n) is 3.45. The molecule has 1 aliphatic carbocycles. The molecule has 0 saturated heterocycles. The van der Waals surface area contributed by atoms with E-state index >= 15 is 0 Å². The number of carbonyl (C=O) groups is 1. The molecule has 0 atom stereocenters. The van der Waals surface area contributed by atoms with Crippen molar-refractivity contribution in [3.63, 3.8) is 0 Å². The summed E-state index contributed by atoms with van der Waals surface area (Å²) in [5.74, 6) is -0.447. The third-order valence-electron chi connectivity index (χ3n) is 4.84. The van der Waals surface area contributed by atoms with Crippen LogP contribution >= 0.6 is 0 Å². The van der Waals surface area contributed by atoms with Crippen LogP contribution in [0.5, 0.6) is 0 Å². The molecule has 1 aromatic heterocycles. The molecule has 1 saturated carbocycles. The van der Waals surface area contributed by atoms with E-state index in [-0.39, 0.29) is 12.2 Å². The number of hydrogen-bond acceptors (Lipinski definition) is 5. The molecule has 8 nitrogen and oxygen atoms in total. The quantitative estimate of drug-likeness (QED) is 0.754. The number of nitrogens with one attached hydrogen (secondary N) is 1. The zero-order valence-electron chi connectivity index (χ0n) is 15.7. The summed E-state index contributed by atoms with van der Waals surface area (Å²) in [6.45, 7) is -0.296. The van der Waals surface area contributed by atoms with Gasteiger partial charge in [-0.15, -0.1) is 10.2 Å². The van der Waals surface area contributed by atoms with Gasteiger partial charge in [-0.25, -0.2) is 12.8 Å². The Morgan fingerprint density at radius 3 is 2.75 bits per heavy atom. The van der Waals surface area contributed by atoms with Gasteiger partial charge >= 0.3 is 0 Å². The topological polar surface area (TPSA) is 97.2 Å². The number of sulfonamides is 1. The third-order valence-corrected chi connectivity index (χ3v) is 5.98. The number of benzene rings is 1. The largest absolute Gasteiger partial charge is 0.347 e. The number of nitrogens with zero attached hydrogens (tertiary/aromatic N) is 4. The summed E-state index contributed by atoms with van der Waals surface area (Å²) in [4.78, 5) is 12.4. The molecule has 0 unspecified atom stereocenters. The standard InChI is InChI=1S/C18H24FN5O3S/c1-28(26,27)24(16-9-5-6-14(19)10-16)12-18(25)20-11-17-22-21-13-23(17)15-7-3-2-4-8-15/h5-6,9-10,13,15H,2-4,7-8,11-12H2,1H3,(H,20,25). The van der Waals surface area contributed by atoms with Gasteiger partial charge in [0.1, 0.15) is 18.7 Å². The van der Waals surface area contributed by atoms with Gasteiger partial charge in [0, 0.05) is 6.04 Å². The number of anilines is 1. The average molecular weight is 409 g/mol. The van der Waals surface area contributed by atoms with Crippen molar-refractivity contribution in [2.24, 2.45) is 0 Å². The van der Waals surface area contributed by atoms with Crippen molar-refractivity contribution in [2.75, 3.05) is 17.1 Å². The lowest BCUT2D eigenvalue weighted by atomic mass is 9.95. The Kier molecular flexibility index (Phi) is 6.28. The molecule has 10 heteroatoms. The highest BCUT2D eigenvalue weighted by molar-refractivity contribution is 7.92. The SMILES string of the molecule is CS(=O)(=O)N(CC(=O)NCc1nncn1C1CCCCC1)c1cccc(F)c1. The van der Waals surface area contributed by atoms with Crippen LogP contribution in [-0.2, 0) is 21.4 Å². The molecular formula is C18H24FN5O3S. The second-order valence-corrected chi connectivity index (χ2v) is 8.88. The lowest BCUT2D eigenvalue weighted by molar-refractivity contribution is -0.119. The van der Waals surface area contributed by atoms with E-state index in [4.69, 9.17) is 0 Å². The minimum atomic E-state index is -3.75. The Bertz CT molecular complexity index is 925. The monoisotopic (exact) mass is 409 g/mol. The fourth-order valence-corrected chi connectivity index (χ4v) is 4.30. The molecule has 1 aromatic carbocycles. The Labute approximate surface area is 163 Å². The molecule has 0 radical (unpaired) electrons. The first-order valence-electron chi connectivity index (χ1n) is 9.23. The highest BCUT2D eigenvalue weighted by Crippen LogP contribution is 2.28. The summed E-state index contributed by atoms with van der Waals surface area (Å²) < 4.78 is 40.5. The maximum Gasteiger partial charge on any atom is 0.241 e. The first-order chi connectivity index (χ1) is 13.3. The van der Waals surface area contributed by atoms with Gasteiger partial charge in [-0.05, 0) is 31.0 Å². The third kappa shape index (κ3) is 5.06. The van der Waals surface area contributed by atoms with E-state index in [1.54, 1.807) is 6.33 Å². The zero-order chi connectivity index (χ0) is 20.1. The van der Waals surface area contributed by atoms with Crippen LogP contribution in [0.3, 0.4) is 0 Å². The predicted molar refractivity (Wildman–Crippen MR) is 103 cm³/mol. The minimum Gasteiger partial charge on any atom is -0.347 e. The smallest absolute Gasteiger partial charge is 0.241 e. The van der Waals surface area contributed by atoms with Crippen LogP contribution in [0.15, 0.2) is 30.6 Å². The predicted octanol–water partition coefficient (Wildman–Crippen LogP) is 2.00. The summed E-state index contributed by atoms with van der Waals surface area (Å²) in [5, 5.41) is 10.7. The summed E-state index contributed by atoms with van der Waals surface area (Å²) in [5.41, 5.74) is 0.100. The van der Waals surface area contributed by atoms with Crippen molar-refractivity contribution < 1.29 is 17.6 Å². The molecule has 28 heavy (non-hydrogen) atoms. The lowest BCUT2D eigenvalue weighted by Gasteiger charge is -2.24. The van der Waals surface area contributed by atoms with E-state index < -0.39 is 28.3 Å². The van der Waals surface area contributed by atoms with Crippen LogP contribution in [-0.4, -0.2) is 41.9 Å². The van der Waals surface area contributed by atoms with Crippen LogP contribution in [0, 0.1) is 5.82 Å². The van der Waals surface area contributed by atoms with E-state index in [9.17, 15) is 17.6 Å². The van der Waals surface area contributed by atoms with Crippen molar-refractivity contribution >= 4 is 21.6 Å². The number of rotatable bonds is 7. The Morgan fingerprint density at radius 1 is 1.32 bits per heavy atom. The molecular weight excluding hydrogens is 385 g/mol. The van der Waals surface area contributed by atoms with Gasteiger partial charge in [-0.1, -0.05) is 25.3 Å². The van der Waals surface area contributed by atoms with E-state index in [2.05, 4.69) is 15.5 Å². The number of amides is 1. The molecule has 152 valence electrons. The summed E-state index contributed by atoms with van der Waals surface area (Å²) in [7, 11) is -3.75. The molecule has 1 aliphatic rings. The van der Waals surface area contributed by atoms with Gasteiger partial charge < -0.3 is 9.88 Å². The highest BCUT2D eigenvalue weighted by Gasteiger charge is 2.22. The Hall–Kier alpha value is -2.49. The second-order valence-electron chi connectivity index (χ2n) is 6.97. The van der Waals surface area contributed by atoms with Gasteiger partial charge in [0.25, 0.3) is 0 Å². The molecule has 3 rings (SSSR count). The second kappa shape index (κ2) is 8.68. The minimum absolute atomic E-state index is 0.100. The maximum atomic E-state index is 13.5. The van der Waals surface area contributed by atoms with Gasteiger partial charge in [0.2, 0.25) is 15.9 Å². The van der Waals surface area contributed by atoms with E-state index in [0.717, 1.165) is 42.3 Å². The van der Waals surface area contributed by atoms with Gasteiger partial charge in [-0.3, -0.25) is 9.10 Å². The lowest BCUT2D eigenvalue weighted by Crippen LogP contribution is -2.40. The number of carbonyl (C=O) groups excluding carboxylic acids is 1. The number of hydrogen-bond donors (Lipinski definition) is 1. The molecule has 0 spiro atoms. The van der Waals surface area contributed by atoms with Crippen LogP contribution in [0.4, 0.5) is 10.1 Å². The molecule has 0 bridgehead atoms. The molecule has 1 fully saturated rings. The average Bonchev–Trinajstić information content (AvgIpc) is 3.13. The van der Waals surface area contributed by atoms with E-state index in [1.807, 2.05) is 4.57 Å². The normalized spacial score (nSPS) is 15.4. The van der Waals surface area contributed by atoms with Crippen LogP contribution in [0.1, 0.15) is 44.0 Å². The molecule has 2 aromatic rings. The summed E-state index contributed by atoms with van der Waals surface area (Å²) >= 11 is 0. The Balaban J connectivity index is 1.65. The van der Waals surface area contributed by atoms with Crippen LogP contribution < -0.4 is 9.62 Å². The van der Waals surface area contributed by atoms with Crippen molar-refractivity contribution in [3.8, 4) is 0 Å². The Morgan fingerprint density at radius 2 is 2.07 bits per heavy atom. The van der Waals surface area contributed by atoms with E-state index in [1.165, 1.54) is 24.6 Å². The fraction of sp³-hybridized carbons (Fsp3) is 0.500. The number of aromatic nitrogens is 3. The molecule has 1 amide bonds. The molecule has 1 heterocycles. The first kappa shape index (κ1) is 20.2. The van der Waals surface area contributed by atoms with Gasteiger partial charge in [0.15, 0.2) is 5.82 Å². The van der Waals surface area contributed by atoms with E-state index in [0.29, 0.717) is 11.9 Å². The van der Waals surface area contributed by atoms with Gasteiger partial charge in [-0.2, -0.15) is 0 Å².